The first-order valence-electron chi connectivity index (χ1n) is 8.70. The number of halogens is 1. The van der Waals surface area contributed by atoms with Crippen LogP contribution < -0.4 is 10.1 Å². The average molecular weight is 427 g/mol. The third-order valence-corrected chi connectivity index (χ3v) is 4.80. The zero-order valence-corrected chi connectivity index (χ0v) is 16.6. The molecular weight excluding hydrogens is 412 g/mol. The Balaban J connectivity index is 1.27. The standard InChI is InChI=1S/C20H15ClN4O3S/c21-14-1-4-16(5-2-14)27-18-7-3-15(11-22-18)23-17(26)6-8-19-24-20(25-28-19)13-9-10-29-12-13/h1-5,7,9-12H,6,8H2,(H,23,26). The summed E-state index contributed by atoms with van der Waals surface area (Å²) in [6, 6.07) is 12.3. The minimum atomic E-state index is -0.173. The monoisotopic (exact) mass is 426 g/mol. The smallest absolute Gasteiger partial charge is 0.227 e. The van der Waals surface area contributed by atoms with E-state index in [0.717, 1.165) is 5.56 Å². The van der Waals surface area contributed by atoms with Crippen molar-refractivity contribution in [3.8, 4) is 23.0 Å². The van der Waals surface area contributed by atoms with Gasteiger partial charge in [0.25, 0.3) is 0 Å². The van der Waals surface area contributed by atoms with Gasteiger partial charge in [-0.15, -0.1) is 0 Å². The summed E-state index contributed by atoms with van der Waals surface area (Å²) in [5.41, 5.74) is 1.48. The van der Waals surface area contributed by atoms with Crippen molar-refractivity contribution < 1.29 is 14.1 Å². The molecule has 0 saturated heterocycles. The van der Waals surface area contributed by atoms with Crippen LogP contribution >= 0.6 is 22.9 Å². The minimum Gasteiger partial charge on any atom is -0.439 e. The zero-order chi connectivity index (χ0) is 20.1. The zero-order valence-electron chi connectivity index (χ0n) is 15.0. The molecule has 29 heavy (non-hydrogen) atoms. The molecule has 0 unspecified atom stereocenters. The second-order valence-electron chi connectivity index (χ2n) is 6.01. The molecule has 1 aromatic carbocycles. The molecule has 1 amide bonds. The predicted molar refractivity (Wildman–Crippen MR) is 110 cm³/mol. The van der Waals surface area contributed by atoms with E-state index < -0.39 is 0 Å². The summed E-state index contributed by atoms with van der Waals surface area (Å²) in [6.07, 6.45) is 2.10. The maximum atomic E-state index is 12.2. The van der Waals surface area contributed by atoms with E-state index in [0.29, 0.717) is 40.5 Å². The molecule has 0 atom stereocenters. The van der Waals surface area contributed by atoms with Gasteiger partial charge in [0.15, 0.2) is 0 Å². The summed E-state index contributed by atoms with van der Waals surface area (Å²) in [5, 5.41) is 11.2. The van der Waals surface area contributed by atoms with Crippen molar-refractivity contribution in [1.82, 2.24) is 15.1 Å². The summed E-state index contributed by atoms with van der Waals surface area (Å²) in [4.78, 5) is 20.6. The number of aromatic nitrogens is 3. The van der Waals surface area contributed by atoms with Gasteiger partial charge in [-0.1, -0.05) is 16.8 Å². The predicted octanol–water partition coefficient (Wildman–Crippen LogP) is 5.21. The minimum absolute atomic E-state index is 0.173. The number of carbonyl (C=O) groups excluding carboxylic acids is 1. The molecule has 1 N–H and O–H groups in total. The number of amides is 1. The van der Waals surface area contributed by atoms with Crippen LogP contribution in [0.5, 0.6) is 11.6 Å². The largest absolute Gasteiger partial charge is 0.439 e. The van der Waals surface area contributed by atoms with Crippen molar-refractivity contribution in [2.75, 3.05) is 5.32 Å². The highest BCUT2D eigenvalue weighted by Crippen LogP contribution is 2.22. The van der Waals surface area contributed by atoms with Gasteiger partial charge in [0.2, 0.25) is 23.5 Å². The number of hydrogen-bond donors (Lipinski definition) is 1. The van der Waals surface area contributed by atoms with E-state index in [4.69, 9.17) is 20.9 Å². The highest BCUT2D eigenvalue weighted by atomic mass is 35.5. The van der Waals surface area contributed by atoms with Gasteiger partial charge in [-0.2, -0.15) is 16.3 Å². The third-order valence-electron chi connectivity index (χ3n) is 3.87. The number of anilines is 1. The van der Waals surface area contributed by atoms with E-state index in [1.807, 2.05) is 16.8 Å². The summed E-state index contributed by atoms with van der Waals surface area (Å²) in [5.74, 6) is 1.82. The molecule has 4 rings (SSSR count). The lowest BCUT2D eigenvalue weighted by Crippen LogP contribution is -2.12. The van der Waals surface area contributed by atoms with Crippen molar-refractivity contribution in [3.05, 3.63) is 70.3 Å². The molecule has 0 radical (unpaired) electrons. The molecule has 9 heteroatoms. The molecule has 146 valence electrons. The van der Waals surface area contributed by atoms with Gasteiger partial charge < -0.3 is 14.6 Å². The van der Waals surface area contributed by atoms with Crippen molar-refractivity contribution in [1.29, 1.82) is 0 Å². The van der Waals surface area contributed by atoms with E-state index in [1.54, 1.807) is 47.7 Å². The summed E-state index contributed by atoms with van der Waals surface area (Å²) >= 11 is 7.41. The number of nitrogens with zero attached hydrogens (tertiary/aromatic N) is 3. The van der Waals surface area contributed by atoms with Crippen LogP contribution in [-0.2, 0) is 11.2 Å². The fourth-order valence-electron chi connectivity index (χ4n) is 2.45. The van der Waals surface area contributed by atoms with Crippen molar-refractivity contribution in [2.24, 2.45) is 0 Å². The first-order chi connectivity index (χ1) is 14.2. The molecule has 0 spiro atoms. The van der Waals surface area contributed by atoms with E-state index in [1.165, 1.54) is 6.20 Å². The van der Waals surface area contributed by atoms with Crippen LogP contribution in [0.4, 0.5) is 5.69 Å². The maximum Gasteiger partial charge on any atom is 0.227 e. The molecule has 7 nitrogen and oxygen atoms in total. The summed E-state index contributed by atoms with van der Waals surface area (Å²) in [6.45, 7) is 0. The number of pyridine rings is 1. The van der Waals surface area contributed by atoms with Crippen LogP contribution in [0.15, 0.2) is 63.9 Å². The lowest BCUT2D eigenvalue weighted by atomic mass is 10.3. The van der Waals surface area contributed by atoms with Gasteiger partial charge in [-0.05, 0) is 41.8 Å². The molecule has 0 aliphatic carbocycles. The molecule has 3 aromatic heterocycles. The van der Waals surface area contributed by atoms with Crippen molar-refractivity contribution in [2.45, 2.75) is 12.8 Å². The number of ether oxygens (including phenoxy) is 1. The van der Waals surface area contributed by atoms with Gasteiger partial charge >= 0.3 is 0 Å². The number of benzene rings is 1. The number of nitrogens with one attached hydrogen (secondary N) is 1. The van der Waals surface area contributed by atoms with Crippen LogP contribution in [0, 0.1) is 0 Å². The highest BCUT2D eigenvalue weighted by molar-refractivity contribution is 7.08. The third kappa shape index (κ3) is 5.18. The normalized spacial score (nSPS) is 10.7. The number of carbonyl (C=O) groups is 1. The SMILES string of the molecule is O=C(CCc1nc(-c2ccsc2)no1)Nc1ccc(Oc2ccc(Cl)cc2)nc1. The van der Waals surface area contributed by atoms with Crippen LogP contribution in [0.3, 0.4) is 0 Å². The van der Waals surface area contributed by atoms with Crippen LogP contribution in [0.1, 0.15) is 12.3 Å². The average Bonchev–Trinajstić information content (AvgIpc) is 3.41. The molecule has 0 aliphatic rings. The number of thiophene rings is 1. The fraction of sp³-hybridized carbons (Fsp3) is 0.100. The molecule has 0 aliphatic heterocycles. The number of rotatable bonds is 7. The lowest BCUT2D eigenvalue weighted by molar-refractivity contribution is -0.116. The van der Waals surface area contributed by atoms with Gasteiger partial charge in [-0.25, -0.2) is 4.98 Å². The van der Waals surface area contributed by atoms with Gasteiger partial charge in [0.05, 0.1) is 11.9 Å². The van der Waals surface area contributed by atoms with Gasteiger partial charge in [0.1, 0.15) is 5.75 Å². The first kappa shape index (κ1) is 19.1. The summed E-state index contributed by atoms with van der Waals surface area (Å²) < 4.78 is 10.8. The fourth-order valence-corrected chi connectivity index (χ4v) is 3.21. The first-order valence-corrected chi connectivity index (χ1v) is 10.0. The van der Waals surface area contributed by atoms with Crippen LogP contribution in [0.2, 0.25) is 5.02 Å². The second-order valence-corrected chi connectivity index (χ2v) is 7.23. The van der Waals surface area contributed by atoms with Gasteiger partial charge in [-0.3, -0.25) is 4.79 Å². The maximum absolute atomic E-state index is 12.2. The van der Waals surface area contributed by atoms with Crippen molar-refractivity contribution >= 4 is 34.5 Å². The molecular formula is C20H15ClN4O3S. The summed E-state index contributed by atoms with van der Waals surface area (Å²) in [7, 11) is 0. The highest BCUT2D eigenvalue weighted by Gasteiger charge is 2.11. The second kappa shape index (κ2) is 8.85. The van der Waals surface area contributed by atoms with Crippen LogP contribution in [-0.4, -0.2) is 21.0 Å². The number of aryl methyl sites for hydroxylation is 1. The Morgan fingerprint density at radius 3 is 2.76 bits per heavy atom. The lowest BCUT2D eigenvalue weighted by Gasteiger charge is -2.07. The Morgan fingerprint density at radius 1 is 1.17 bits per heavy atom. The molecule has 0 fully saturated rings. The van der Waals surface area contributed by atoms with Crippen LogP contribution in [0.25, 0.3) is 11.4 Å². The Bertz CT molecular complexity index is 1080. The Morgan fingerprint density at radius 2 is 2.03 bits per heavy atom. The van der Waals surface area contributed by atoms with E-state index in [-0.39, 0.29) is 12.3 Å². The quantitative estimate of drug-likeness (QED) is 0.436. The Labute approximate surface area is 175 Å². The molecule has 4 aromatic rings. The van der Waals surface area contributed by atoms with E-state index in [2.05, 4.69) is 20.4 Å². The van der Waals surface area contributed by atoms with Gasteiger partial charge in [0, 0.05) is 34.9 Å². The molecule has 0 bridgehead atoms. The van der Waals surface area contributed by atoms with Crippen molar-refractivity contribution in [3.63, 3.8) is 0 Å². The molecule has 3 heterocycles. The Hall–Kier alpha value is -3.23. The van der Waals surface area contributed by atoms with E-state index in [9.17, 15) is 4.79 Å². The van der Waals surface area contributed by atoms with E-state index >= 15 is 0 Å². The number of hydrogen-bond acceptors (Lipinski definition) is 7. The Kier molecular flexibility index (Phi) is 5.83. The molecule has 0 saturated carbocycles. The topological polar surface area (TPSA) is 90.1 Å².